The monoisotopic (exact) mass is 268 g/mol. The third-order valence-electron chi connectivity index (χ3n) is 3.33. The first-order valence-corrected chi connectivity index (χ1v) is 6.29. The summed E-state index contributed by atoms with van der Waals surface area (Å²) in [4.78, 5) is 39.4. The maximum Gasteiger partial charge on any atom is 0.259 e. The van der Waals surface area contributed by atoms with Crippen LogP contribution in [0.5, 0.6) is 0 Å². The maximum atomic E-state index is 12.5. The van der Waals surface area contributed by atoms with Crippen molar-refractivity contribution in [3.63, 3.8) is 0 Å². The fourth-order valence-corrected chi connectivity index (χ4v) is 2.32. The van der Waals surface area contributed by atoms with Gasteiger partial charge in [0.1, 0.15) is 0 Å². The summed E-state index contributed by atoms with van der Waals surface area (Å²) in [6, 6.07) is 9.86. The van der Waals surface area contributed by atoms with Gasteiger partial charge < -0.3 is 9.88 Å². The number of hydrogen-bond acceptors (Lipinski definition) is 3. The van der Waals surface area contributed by atoms with E-state index in [1.54, 1.807) is 29.2 Å². The predicted octanol–water partition coefficient (Wildman–Crippen LogP) is 1.61. The molecule has 100 valence electrons. The number of benzene rings is 1. The summed E-state index contributed by atoms with van der Waals surface area (Å²) in [6.07, 6.45) is 1.70. The van der Waals surface area contributed by atoms with Crippen LogP contribution >= 0.6 is 0 Å². The Labute approximate surface area is 114 Å². The van der Waals surface area contributed by atoms with Crippen LogP contribution in [0.4, 0.5) is 5.69 Å². The lowest BCUT2D eigenvalue weighted by molar-refractivity contribution is 0.0955. The van der Waals surface area contributed by atoms with Crippen molar-refractivity contribution in [2.45, 2.75) is 6.42 Å². The Morgan fingerprint density at radius 1 is 1.10 bits per heavy atom. The predicted molar refractivity (Wildman–Crippen MR) is 74.1 cm³/mol. The minimum Gasteiger partial charge on any atom is -0.328 e. The molecule has 1 N–H and O–H groups in total. The zero-order valence-electron chi connectivity index (χ0n) is 10.6. The number of aromatic nitrogens is 1. The van der Waals surface area contributed by atoms with Crippen molar-refractivity contribution in [1.29, 1.82) is 0 Å². The van der Waals surface area contributed by atoms with Crippen LogP contribution in [0.1, 0.15) is 27.1 Å². The Balaban J connectivity index is 2.01. The summed E-state index contributed by atoms with van der Waals surface area (Å²) in [7, 11) is 0. The number of H-pyrrole nitrogens is 1. The molecule has 20 heavy (non-hydrogen) atoms. The third kappa shape index (κ3) is 2.03. The number of ketones is 1. The number of carbonyl (C=O) groups excluding carboxylic acids is 2. The molecule has 2 aromatic rings. The van der Waals surface area contributed by atoms with Crippen molar-refractivity contribution in [2.75, 3.05) is 11.4 Å². The SMILES string of the molecule is O=C1CCN(C(=O)c2ccc(=O)[nH]c2)c2ccccc21. The van der Waals surface area contributed by atoms with E-state index in [4.69, 9.17) is 0 Å². The second kappa shape index (κ2) is 4.77. The zero-order chi connectivity index (χ0) is 14.1. The van der Waals surface area contributed by atoms with E-state index in [-0.39, 0.29) is 17.2 Å². The van der Waals surface area contributed by atoms with E-state index in [9.17, 15) is 14.4 Å². The Kier molecular flexibility index (Phi) is 2.95. The molecule has 0 saturated carbocycles. The molecule has 1 aliphatic heterocycles. The van der Waals surface area contributed by atoms with Gasteiger partial charge in [-0.15, -0.1) is 0 Å². The van der Waals surface area contributed by atoms with Crippen LogP contribution in [0.25, 0.3) is 0 Å². The van der Waals surface area contributed by atoms with Crippen molar-refractivity contribution in [2.24, 2.45) is 0 Å². The summed E-state index contributed by atoms with van der Waals surface area (Å²) in [6.45, 7) is 0.355. The summed E-state index contributed by atoms with van der Waals surface area (Å²) in [5.41, 5.74) is 1.33. The van der Waals surface area contributed by atoms with Crippen molar-refractivity contribution in [1.82, 2.24) is 4.98 Å². The quantitative estimate of drug-likeness (QED) is 0.854. The molecule has 5 heteroatoms. The molecule has 0 unspecified atom stereocenters. The van der Waals surface area contributed by atoms with E-state index in [0.717, 1.165) is 0 Å². The van der Waals surface area contributed by atoms with Gasteiger partial charge in [-0.3, -0.25) is 14.4 Å². The van der Waals surface area contributed by atoms with Gasteiger partial charge in [0.2, 0.25) is 5.56 Å². The number of nitrogens with zero attached hydrogens (tertiary/aromatic N) is 1. The van der Waals surface area contributed by atoms with E-state index in [2.05, 4.69) is 4.98 Å². The number of carbonyl (C=O) groups is 2. The number of fused-ring (bicyclic) bond motifs is 1. The molecular weight excluding hydrogens is 256 g/mol. The smallest absolute Gasteiger partial charge is 0.259 e. The van der Waals surface area contributed by atoms with Gasteiger partial charge in [0.05, 0.1) is 11.3 Å². The molecule has 0 saturated heterocycles. The molecule has 2 heterocycles. The van der Waals surface area contributed by atoms with Gasteiger partial charge in [-0.25, -0.2) is 0 Å². The van der Waals surface area contributed by atoms with E-state index < -0.39 is 0 Å². The molecule has 0 radical (unpaired) electrons. The second-order valence-corrected chi connectivity index (χ2v) is 4.59. The molecule has 1 aromatic heterocycles. The average Bonchev–Trinajstić information content (AvgIpc) is 2.48. The van der Waals surface area contributed by atoms with Gasteiger partial charge in [-0.05, 0) is 18.2 Å². The first-order valence-electron chi connectivity index (χ1n) is 6.29. The largest absolute Gasteiger partial charge is 0.328 e. The van der Waals surface area contributed by atoms with E-state index in [1.165, 1.54) is 18.3 Å². The molecule has 1 amide bonds. The molecule has 1 aliphatic rings. The van der Waals surface area contributed by atoms with Crippen molar-refractivity contribution in [3.8, 4) is 0 Å². The van der Waals surface area contributed by atoms with Crippen LogP contribution in [-0.4, -0.2) is 23.2 Å². The second-order valence-electron chi connectivity index (χ2n) is 4.59. The zero-order valence-corrected chi connectivity index (χ0v) is 10.6. The Bertz CT molecular complexity index is 728. The van der Waals surface area contributed by atoms with Gasteiger partial charge in [-0.1, -0.05) is 12.1 Å². The normalized spacial score (nSPS) is 14.0. The maximum absolute atomic E-state index is 12.5. The molecule has 0 bridgehead atoms. The molecule has 3 rings (SSSR count). The number of amides is 1. The Hall–Kier alpha value is -2.69. The van der Waals surface area contributed by atoms with Gasteiger partial charge in [0, 0.05) is 30.8 Å². The average molecular weight is 268 g/mol. The number of anilines is 1. The minimum atomic E-state index is -0.254. The first-order chi connectivity index (χ1) is 9.66. The number of nitrogens with one attached hydrogen (secondary N) is 1. The first kappa shape index (κ1) is 12.3. The van der Waals surface area contributed by atoms with E-state index in [1.807, 2.05) is 0 Å². The van der Waals surface area contributed by atoms with Gasteiger partial charge in [0.15, 0.2) is 5.78 Å². The van der Waals surface area contributed by atoms with Gasteiger partial charge in [-0.2, -0.15) is 0 Å². The molecule has 0 atom stereocenters. The van der Waals surface area contributed by atoms with Crippen LogP contribution in [0.3, 0.4) is 0 Å². The van der Waals surface area contributed by atoms with Gasteiger partial charge >= 0.3 is 0 Å². The number of aromatic amines is 1. The summed E-state index contributed by atoms with van der Waals surface area (Å²) < 4.78 is 0. The van der Waals surface area contributed by atoms with Crippen LogP contribution in [0.2, 0.25) is 0 Å². The Morgan fingerprint density at radius 2 is 1.90 bits per heavy atom. The lowest BCUT2D eigenvalue weighted by Gasteiger charge is -2.28. The summed E-state index contributed by atoms with van der Waals surface area (Å²) in [5, 5.41) is 0. The van der Waals surface area contributed by atoms with Crippen LogP contribution in [-0.2, 0) is 0 Å². The van der Waals surface area contributed by atoms with Crippen LogP contribution in [0, 0.1) is 0 Å². The van der Waals surface area contributed by atoms with Crippen molar-refractivity contribution < 1.29 is 9.59 Å². The number of Topliss-reactive ketones (excluding diaryl/α,β-unsaturated/α-hetero) is 1. The van der Waals surface area contributed by atoms with E-state index >= 15 is 0 Å². The molecule has 1 aromatic carbocycles. The van der Waals surface area contributed by atoms with Crippen molar-refractivity contribution >= 4 is 17.4 Å². The highest BCUT2D eigenvalue weighted by Crippen LogP contribution is 2.27. The molecule has 0 spiro atoms. The van der Waals surface area contributed by atoms with Crippen LogP contribution < -0.4 is 10.5 Å². The fourth-order valence-electron chi connectivity index (χ4n) is 2.32. The highest BCUT2D eigenvalue weighted by atomic mass is 16.2. The summed E-state index contributed by atoms with van der Waals surface area (Å²) in [5.74, 6) is -0.174. The highest BCUT2D eigenvalue weighted by Gasteiger charge is 2.27. The fraction of sp³-hybridized carbons (Fsp3) is 0.133. The van der Waals surface area contributed by atoms with Crippen molar-refractivity contribution in [3.05, 3.63) is 64.1 Å². The number of hydrogen-bond donors (Lipinski definition) is 1. The lowest BCUT2D eigenvalue weighted by Crippen LogP contribution is -2.37. The molecular formula is C15H12N2O3. The number of pyridine rings is 1. The third-order valence-corrected chi connectivity index (χ3v) is 3.33. The molecule has 0 aliphatic carbocycles. The standard InChI is InChI=1S/C15H12N2O3/c18-13-7-8-17(12-4-2-1-3-11(12)13)15(20)10-5-6-14(19)16-9-10/h1-6,9H,7-8H2,(H,16,19). The lowest BCUT2D eigenvalue weighted by atomic mass is 10.00. The number of para-hydroxylation sites is 1. The van der Waals surface area contributed by atoms with Crippen LogP contribution in [0.15, 0.2) is 47.4 Å². The number of rotatable bonds is 1. The Morgan fingerprint density at radius 3 is 2.65 bits per heavy atom. The van der Waals surface area contributed by atoms with E-state index in [0.29, 0.717) is 29.8 Å². The molecule has 5 nitrogen and oxygen atoms in total. The summed E-state index contributed by atoms with van der Waals surface area (Å²) >= 11 is 0. The minimum absolute atomic E-state index is 0.0473. The van der Waals surface area contributed by atoms with Gasteiger partial charge in [0.25, 0.3) is 5.91 Å². The topological polar surface area (TPSA) is 70.2 Å². The highest BCUT2D eigenvalue weighted by molar-refractivity contribution is 6.13. The molecule has 0 fully saturated rings.